The molecule has 1 amide bonds. The number of carbonyl (C=O) groups excluding carboxylic acids is 1. The third-order valence-corrected chi connectivity index (χ3v) is 2.21. The number of aromatic nitrogens is 2. The van der Waals surface area contributed by atoms with E-state index in [1.54, 1.807) is 17.2 Å². The van der Waals surface area contributed by atoms with Gasteiger partial charge < -0.3 is 4.90 Å². The van der Waals surface area contributed by atoms with Gasteiger partial charge in [-0.2, -0.15) is 5.26 Å². The number of hydrogen-bond donors (Lipinski definition) is 0. The summed E-state index contributed by atoms with van der Waals surface area (Å²) in [7, 11) is 0. The van der Waals surface area contributed by atoms with Gasteiger partial charge in [-0.05, 0) is 6.07 Å². The van der Waals surface area contributed by atoms with Crippen molar-refractivity contribution in [2.24, 2.45) is 0 Å². The molecule has 1 aliphatic rings. The lowest BCUT2D eigenvalue weighted by atomic mass is 10.0. The summed E-state index contributed by atoms with van der Waals surface area (Å²) in [5.74, 6) is 0.843. The molecule has 0 spiro atoms. The lowest BCUT2D eigenvalue weighted by Crippen LogP contribution is -2.44. The molecule has 1 aliphatic heterocycles. The maximum atomic E-state index is 10.3. The van der Waals surface area contributed by atoms with Crippen LogP contribution in [0.2, 0.25) is 0 Å². The van der Waals surface area contributed by atoms with E-state index < -0.39 is 0 Å². The van der Waals surface area contributed by atoms with Gasteiger partial charge in [-0.3, -0.25) is 4.79 Å². The molecule has 2 heterocycles. The summed E-state index contributed by atoms with van der Waals surface area (Å²) in [6.07, 6.45) is 2.38. The lowest BCUT2D eigenvalue weighted by molar-refractivity contribution is -0.122. The first-order chi connectivity index (χ1) is 6.83. The number of hydrogen-bond acceptors (Lipinski definition) is 4. The van der Waals surface area contributed by atoms with Gasteiger partial charge in [0.1, 0.15) is 17.6 Å². The van der Waals surface area contributed by atoms with Crippen LogP contribution in [0.5, 0.6) is 0 Å². The van der Waals surface area contributed by atoms with Gasteiger partial charge in [0.05, 0.1) is 5.92 Å². The molecule has 2 rings (SSSR count). The zero-order valence-corrected chi connectivity index (χ0v) is 7.42. The molecule has 1 saturated heterocycles. The number of likely N-dealkylation sites (tertiary alicyclic amines) is 1. The highest BCUT2D eigenvalue weighted by Gasteiger charge is 2.29. The zero-order chi connectivity index (χ0) is 9.97. The van der Waals surface area contributed by atoms with E-state index >= 15 is 0 Å². The Kier molecular flexibility index (Phi) is 2.11. The molecule has 1 fully saturated rings. The summed E-state index contributed by atoms with van der Waals surface area (Å²) >= 11 is 0. The van der Waals surface area contributed by atoms with Gasteiger partial charge in [-0.1, -0.05) is 0 Å². The summed E-state index contributed by atoms with van der Waals surface area (Å²) in [4.78, 5) is 20.1. The van der Waals surface area contributed by atoms with Gasteiger partial charge in [-0.25, -0.2) is 9.97 Å². The number of amides is 1. The van der Waals surface area contributed by atoms with Crippen molar-refractivity contribution in [1.29, 1.82) is 5.26 Å². The van der Waals surface area contributed by atoms with Crippen molar-refractivity contribution >= 4 is 6.41 Å². The van der Waals surface area contributed by atoms with Crippen LogP contribution >= 0.6 is 0 Å². The molecule has 0 bridgehead atoms. The minimum Gasteiger partial charge on any atom is -0.344 e. The zero-order valence-electron chi connectivity index (χ0n) is 7.42. The molecule has 5 heteroatoms. The van der Waals surface area contributed by atoms with Gasteiger partial charge in [-0.15, -0.1) is 0 Å². The topological polar surface area (TPSA) is 69.9 Å². The minimum atomic E-state index is 0.188. The second-order valence-corrected chi connectivity index (χ2v) is 3.17. The fourth-order valence-corrected chi connectivity index (χ4v) is 1.39. The van der Waals surface area contributed by atoms with Crippen LogP contribution in [0.1, 0.15) is 17.4 Å². The number of nitriles is 1. The molecule has 0 N–H and O–H groups in total. The molecule has 0 atom stereocenters. The van der Waals surface area contributed by atoms with Gasteiger partial charge in [0.2, 0.25) is 6.41 Å². The van der Waals surface area contributed by atoms with E-state index in [0.29, 0.717) is 24.6 Å². The molecule has 0 radical (unpaired) electrons. The van der Waals surface area contributed by atoms with E-state index in [2.05, 4.69) is 9.97 Å². The van der Waals surface area contributed by atoms with Gasteiger partial charge in [0.15, 0.2) is 0 Å². The van der Waals surface area contributed by atoms with Crippen molar-refractivity contribution in [1.82, 2.24) is 14.9 Å². The smallest absolute Gasteiger partial charge is 0.209 e. The number of rotatable bonds is 2. The molecule has 5 nitrogen and oxygen atoms in total. The second kappa shape index (κ2) is 3.42. The number of nitrogens with zero attached hydrogens (tertiary/aromatic N) is 4. The van der Waals surface area contributed by atoms with Crippen LogP contribution in [-0.2, 0) is 4.79 Å². The van der Waals surface area contributed by atoms with Crippen LogP contribution in [-0.4, -0.2) is 34.4 Å². The van der Waals surface area contributed by atoms with Crippen molar-refractivity contribution in [3.63, 3.8) is 0 Å². The van der Waals surface area contributed by atoms with Crippen molar-refractivity contribution < 1.29 is 4.79 Å². The summed E-state index contributed by atoms with van der Waals surface area (Å²) in [5, 5.41) is 8.63. The predicted molar refractivity (Wildman–Crippen MR) is 47.1 cm³/mol. The van der Waals surface area contributed by atoms with E-state index in [1.165, 1.54) is 0 Å². The Bertz CT molecular complexity index is 392. The normalized spacial score (nSPS) is 15.8. The van der Waals surface area contributed by atoms with Crippen molar-refractivity contribution in [3.05, 3.63) is 23.8 Å². The second-order valence-electron chi connectivity index (χ2n) is 3.17. The largest absolute Gasteiger partial charge is 0.344 e. The quantitative estimate of drug-likeness (QED) is 0.608. The molecule has 1 aromatic rings. The summed E-state index contributed by atoms with van der Waals surface area (Å²) in [5.41, 5.74) is 0.375. The van der Waals surface area contributed by atoms with Crippen LogP contribution in [0.3, 0.4) is 0 Å². The monoisotopic (exact) mass is 188 g/mol. The van der Waals surface area contributed by atoms with Gasteiger partial charge >= 0.3 is 0 Å². The Balaban J connectivity index is 2.11. The van der Waals surface area contributed by atoms with Gasteiger partial charge in [0, 0.05) is 19.3 Å². The van der Waals surface area contributed by atoms with Crippen LogP contribution in [0.15, 0.2) is 12.3 Å². The Labute approximate surface area is 81.0 Å². The standard InChI is InChI=1S/C9H8N4O/c10-3-8-1-2-11-9(12-8)7-4-13(5-7)6-14/h1-2,6-7H,4-5H2. The van der Waals surface area contributed by atoms with E-state index in [9.17, 15) is 4.79 Å². The Morgan fingerprint density at radius 2 is 2.43 bits per heavy atom. The third kappa shape index (κ3) is 1.42. The molecular formula is C9H8N4O. The first kappa shape index (κ1) is 8.63. The van der Waals surface area contributed by atoms with Crippen LogP contribution < -0.4 is 0 Å². The fraction of sp³-hybridized carbons (Fsp3) is 0.333. The third-order valence-electron chi connectivity index (χ3n) is 2.21. The number of carbonyl (C=O) groups is 1. The molecule has 0 aliphatic carbocycles. The fourth-order valence-electron chi connectivity index (χ4n) is 1.39. The van der Waals surface area contributed by atoms with E-state index in [0.717, 1.165) is 6.41 Å². The van der Waals surface area contributed by atoms with E-state index in [1.807, 2.05) is 6.07 Å². The summed E-state index contributed by atoms with van der Waals surface area (Å²) < 4.78 is 0. The molecule has 0 aromatic carbocycles. The maximum absolute atomic E-state index is 10.3. The van der Waals surface area contributed by atoms with Crippen molar-refractivity contribution in [2.45, 2.75) is 5.92 Å². The lowest BCUT2D eigenvalue weighted by Gasteiger charge is -2.34. The van der Waals surface area contributed by atoms with Crippen molar-refractivity contribution in [2.75, 3.05) is 13.1 Å². The molecule has 14 heavy (non-hydrogen) atoms. The average molecular weight is 188 g/mol. The first-order valence-corrected chi connectivity index (χ1v) is 4.26. The summed E-state index contributed by atoms with van der Waals surface area (Å²) in [6, 6.07) is 3.53. The van der Waals surface area contributed by atoms with Crippen LogP contribution in [0, 0.1) is 11.3 Å². The molecule has 0 unspecified atom stereocenters. The van der Waals surface area contributed by atoms with E-state index in [-0.39, 0.29) is 5.92 Å². The molecule has 0 saturated carbocycles. The Morgan fingerprint density at radius 1 is 1.64 bits per heavy atom. The molecule has 1 aromatic heterocycles. The highest BCUT2D eigenvalue weighted by Crippen LogP contribution is 2.22. The Hall–Kier alpha value is -1.96. The van der Waals surface area contributed by atoms with Crippen molar-refractivity contribution in [3.8, 4) is 6.07 Å². The molecule has 70 valence electrons. The van der Waals surface area contributed by atoms with Crippen LogP contribution in [0.25, 0.3) is 0 Å². The van der Waals surface area contributed by atoms with Crippen LogP contribution in [0.4, 0.5) is 0 Å². The maximum Gasteiger partial charge on any atom is 0.209 e. The SMILES string of the molecule is N#Cc1ccnc(C2CN(C=O)C2)n1. The first-order valence-electron chi connectivity index (χ1n) is 4.26. The highest BCUT2D eigenvalue weighted by molar-refractivity contribution is 5.49. The average Bonchev–Trinajstić information content (AvgIpc) is 2.17. The van der Waals surface area contributed by atoms with E-state index in [4.69, 9.17) is 5.26 Å². The van der Waals surface area contributed by atoms with Gasteiger partial charge in [0.25, 0.3) is 0 Å². The molecular weight excluding hydrogens is 180 g/mol. The highest BCUT2D eigenvalue weighted by atomic mass is 16.1. The Morgan fingerprint density at radius 3 is 3.07 bits per heavy atom. The predicted octanol–water partition coefficient (Wildman–Crippen LogP) is -0.0961. The summed E-state index contributed by atoms with van der Waals surface area (Å²) in [6.45, 7) is 1.30. The minimum absolute atomic E-state index is 0.188.